The van der Waals surface area contributed by atoms with Crippen LogP contribution in [-0.2, 0) is 0 Å². The van der Waals surface area contributed by atoms with Crippen LogP contribution in [-0.4, -0.2) is 15.8 Å². The highest BCUT2D eigenvalue weighted by Crippen LogP contribution is 2.41. The molecule has 0 aliphatic heterocycles. The molecule has 0 saturated carbocycles. The first kappa shape index (κ1) is 11.9. The van der Waals surface area contributed by atoms with Gasteiger partial charge in [-0.1, -0.05) is 29.4 Å². The Labute approximate surface area is 116 Å². The molecular weight excluding hydrogens is 312 g/mol. The van der Waals surface area contributed by atoms with E-state index in [0.29, 0.717) is 15.7 Å². The molecule has 0 amide bonds. The van der Waals surface area contributed by atoms with Gasteiger partial charge in [0.1, 0.15) is 5.71 Å². The van der Waals surface area contributed by atoms with Gasteiger partial charge in [0, 0.05) is 17.2 Å². The van der Waals surface area contributed by atoms with E-state index in [1.807, 2.05) is 24.3 Å². The van der Waals surface area contributed by atoms with Crippen molar-refractivity contribution >= 4 is 27.3 Å². The molecule has 1 aliphatic carbocycles. The van der Waals surface area contributed by atoms with Crippen LogP contribution in [0.2, 0.25) is 0 Å². The van der Waals surface area contributed by atoms with Crippen LogP contribution >= 0.6 is 15.9 Å². The van der Waals surface area contributed by atoms with E-state index in [2.05, 4.69) is 21.1 Å². The van der Waals surface area contributed by atoms with E-state index in [0.717, 1.165) is 16.7 Å². The zero-order valence-electron chi connectivity index (χ0n) is 9.50. The third-order valence-electron chi connectivity index (χ3n) is 3.11. The average Bonchev–Trinajstić information content (AvgIpc) is 2.70. The fourth-order valence-electron chi connectivity index (χ4n) is 2.30. The molecule has 0 unspecified atom stereocenters. The molecule has 2 aromatic rings. The van der Waals surface area contributed by atoms with Gasteiger partial charge in [-0.2, -0.15) is 0 Å². The van der Waals surface area contributed by atoms with E-state index in [-0.39, 0.29) is 5.69 Å². The van der Waals surface area contributed by atoms with E-state index in [4.69, 9.17) is 5.21 Å². The Morgan fingerprint density at radius 2 is 1.79 bits per heavy atom. The molecule has 1 aliphatic rings. The molecule has 5 nitrogen and oxygen atoms in total. The summed E-state index contributed by atoms with van der Waals surface area (Å²) in [4.78, 5) is 10.5. The van der Waals surface area contributed by atoms with Crippen molar-refractivity contribution in [3.63, 3.8) is 0 Å². The van der Waals surface area contributed by atoms with Crippen molar-refractivity contribution < 1.29 is 10.1 Å². The number of halogens is 1. The van der Waals surface area contributed by atoms with Crippen LogP contribution in [0, 0.1) is 10.1 Å². The molecule has 19 heavy (non-hydrogen) atoms. The van der Waals surface area contributed by atoms with Gasteiger partial charge in [0.05, 0.1) is 9.40 Å². The summed E-state index contributed by atoms with van der Waals surface area (Å²) in [5, 5.41) is 23.4. The monoisotopic (exact) mass is 318 g/mol. The van der Waals surface area contributed by atoms with Crippen LogP contribution in [0.3, 0.4) is 0 Å². The van der Waals surface area contributed by atoms with E-state index < -0.39 is 4.92 Å². The lowest BCUT2D eigenvalue weighted by molar-refractivity contribution is -0.385. The Morgan fingerprint density at radius 1 is 1.11 bits per heavy atom. The number of oxime groups is 1. The van der Waals surface area contributed by atoms with E-state index in [1.165, 1.54) is 6.07 Å². The number of nitrogens with zero attached hydrogens (tertiary/aromatic N) is 2. The summed E-state index contributed by atoms with van der Waals surface area (Å²) in [6, 6.07) is 10.5. The molecule has 2 aromatic carbocycles. The fourth-order valence-corrected chi connectivity index (χ4v) is 2.79. The quantitative estimate of drug-likeness (QED) is 0.423. The zero-order valence-corrected chi connectivity index (χ0v) is 11.1. The third kappa shape index (κ3) is 1.64. The Bertz CT molecular complexity index is 741. The minimum atomic E-state index is -0.470. The minimum absolute atomic E-state index is 0.0484. The van der Waals surface area contributed by atoms with E-state index >= 15 is 0 Å². The van der Waals surface area contributed by atoms with Crippen LogP contribution in [0.5, 0.6) is 0 Å². The van der Waals surface area contributed by atoms with Crippen molar-refractivity contribution in [1.29, 1.82) is 0 Å². The Balaban J connectivity index is 2.36. The first-order valence-electron chi connectivity index (χ1n) is 5.43. The maximum Gasteiger partial charge on any atom is 0.284 e. The lowest BCUT2D eigenvalue weighted by Gasteiger charge is -2.02. The number of nitro groups is 1. The highest BCUT2D eigenvalue weighted by molar-refractivity contribution is 9.10. The highest BCUT2D eigenvalue weighted by Gasteiger charge is 2.28. The number of rotatable bonds is 1. The SMILES string of the molecule is O=[N+]([O-])c1cc2c(cc1Br)-c1ccccc1C2=NO. The van der Waals surface area contributed by atoms with Crippen LogP contribution < -0.4 is 0 Å². The van der Waals surface area contributed by atoms with Crippen LogP contribution in [0.1, 0.15) is 11.1 Å². The summed E-state index contributed by atoms with van der Waals surface area (Å²) in [5.41, 5.74) is 3.38. The number of nitro benzene ring substituents is 1. The second-order valence-electron chi connectivity index (χ2n) is 4.10. The summed E-state index contributed by atoms with van der Waals surface area (Å²) < 4.78 is 0.408. The van der Waals surface area contributed by atoms with Crippen molar-refractivity contribution in [3.8, 4) is 11.1 Å². The van der Waals surface area contributed by atoms with Crippen molar-refractivity contribution in [1.82, 2.24) is 0 Å². The first-order chi connectivity index (χ1) is 9.13. The number of hydrogen-bond donors (Lipinski definition) is 1. The molecule has 6 heteroatoms. The van der Waals surface area contributed by atoms with Gasteiger partial charge in [0.25, 0.3) is 5.69 Å². The van der Waals surface area contributed by atoms with Crippen LogP contribution in [0.15, 0.2) is 46.0 Å². The van der Waals surface area contributed by atoms with Gasteiger partial charge in [-0.25, -0.2) is 0 Å². The summed E-state index contributed by atoms with van der Waals surface area (Å²) in [7, 11) is 0. The molecule has 0 atom stereocenters. The van der Waals surface area contributed by atoms with Gasteiger partial charge in [0.15, 0.2) is 0 Å². The largest absolute Gasteiger partial charge is 0.410 e. The predicted molar refractivity (Wildman–Crippen MR) is 73.7 cm³/mol. The lowest BCUT2D eigenvalue weighted by atomic mass is 10.1. The topological polar surface area (TPSA) is 75.7 Å². The second-order valence-corrected chi connectivity index (χ2v) is 4.95. The third-order valence-corrected chi connectivity index (χ3v) is 3.75. The molecule has 0 fully saturated rings. The van der Waals surface area contributed by atoms with Crippen LogP contribution in [0.4, 0.5) is 5.69 Å². The highest BCUT2D eigenvalue weighted by atomic mass is 79.9. The van der Waals surface area contributed by atoms with Crippen LogP contribution in [0.25, 0.3) is 11.1 Å². The molecule has 0 aromatic heterocycles. The second kappa shape index (κ2) is 4.17. The van der Waals surface area contributed by atoms with Gasteiger partial charge in [-0.15, -0.1) is 0 Å². The standard InChI is InChI=1S/C13H7BrN2O3/c14-11-5-9-7-3-1-2-4-8(7)13(15-17)10(9)6-12(11)16(18)19/h1-6,17H. The van der Waals surface area contributed by atoms with Gasteiger partial charge < -0.3 is 5.21 Å². The summed E-state index contributed by atoms with van der Waals surface area (Å²) >= 11 is 3.20. The molecule has 3 rings (SSSR count). The van der Waals surface area contributed by atoms with Gasteiger partial charge in [0.2, 0.25) is 0 Å². The first-order valence-corrected chi connectivity index (χ1v) is 6.23. The number of hydrogen-bond acceptors (Lipinski definition) is 4. The molecule has 0 radical (unpaired) electrons. The summed E-state index contributed by atoms with van der Waals surface area (Å²) in [6.45, 7) is 0. The van der Waals surface area contributed by atoms with E-state index in [9.17, 15) is 10.1 Å². The average molecular weight is 319 g/mol. The van der Waals surface area contributed by atoms with Gasteiger partial charge in [-0.05, 0) is 33.1 Å². The molecule has 0 bridgehead atoms. The lowest BCUT2D eigenvalue weighted by Crippen LogP contribution is -1.99. The van der Waals surface area contributed by atoms with Crippen molar-refractivity contribution in [3.05, 3.63) is 62.1 Å². The normalized spacial score (nSPS) is 14.3. The molecule has 0 spiro atoms. The number of benzene rings is 2. The Morgan fingerprint density at radius 3 is 2.42 bits per heavy atom. The van der Waals surface area contributed by atoms with E-state index in [1.54, 1.807) is 6.07 Å². The summed E-state index contributed by atoms with van der Waals surface area (Å²) in [5.74, 6) is 0. The number of fused-ring (bicyclic) bond motifs is 3. The maximum absolute atomic E-state index is 11.0. The zero-order chi connectivity index (χ0) is 13.6. The molecule has 0 saturated heterocycles. The minimum Gasteiger partial charge on any atom is -0.410 e. The molecule has 0 heterocycles. The molecule has 1 N–H and O–H groups in total. The Hall–Kier alpha value is -2.21. The van der Waals surface area contributed by atoms with Gasteiger partial charge in [-0.3, -0.25) is 10.1 Å². The Kier molecular flexibility index (Phi) is 2.60. The van der Waals surface area contributed by atoms with Gasteiger partial charge >= 0.3 is 0 Å². The fraction of sp³-hybridized carbons (Fsp3) is 0. The maximum atomic E-state index is 11.0. The molecule has 94 valence electrons. The summed E-state index contributed by atoms with van der Waals surface area (Å²) in [6.07, 6.45) is 0. The van der Waals surface area contributed by atoms with Crippen molar-refractivity contribution in [2.45, 2.75) is 0 Å². The smallest absolute Gasteiger partial charge is 0.284 e. The van der Waals surface area contributed by atoms with Crippen molar-refractivity contribution in [2.75, 3.05) is 0 Å². The molecular formula is C13H7BrN2O3. The van der Waals surface area contributed by atoms with Crippen molar-refractivity contribution in [2.24, 2.45) is 5.16 Å². The predicted octanol–water partition coefficient (Wildman–Crippen LogP) is 3.56.